The third-order valence-corrected chi connectivity index (χ3v) is 11.9. The van der Waals surface area contributed by atoms with Crippen LogP contribution in [-0.2, 0) is 20.8 Å². The number of aromatic amines is 2. The van der Waals surface area contributed by atoms with Gasteiger partial charge in [0.2, 0.25) is 32.5 Å². The Morgan fingerprint density at radius 2 is 1.35 bits per heavy atom. The Labute approximate surface area is 415 Å². The number of aliphatic hydroxyl groups excluding tert-OH is 6. The number of anilines is 4. The van der Waals surface area contributed by atoms with E-state index in [-0.39, 0.29) is 36.6 Å². The van der Waals surface area contributed by atoms with E-state index in [9.17, 15) is 34.8 Å². The maximum Gasteiger partial charge on any atom is 0.422 e. The smallest absolute Gasteiger partial charge is 0.422 e. The lowest BCUT2D eigenvalue weighted by Gasteiger charge is -2.16. The van der Waals surface area contributed by atoms with Gasteiger partial charge in [-0.3, -0.25) is 14.1 Å². The van der Waals surface area contributed by atoms with Gasteiger partial charge in [-0.25, -0.2) is 34.3 Å². The molecule has 0 spiro atoms. The lowest BCUT2D eigenvalue weighted by Crippen LogP contribution is -2.37. The van der Waals surface area contributed by atoms with Gasteiger partial charge in [0.1, 0.15) is 61.7 Å². The first-order valence-corrected chi connectivity index (χ1v) is 29.2. The minimum Gasteiger partial charge on any atom is -0.496 e. The fourth-order valence-corrected chi connectivity index (χ4v) is 8.35. The Hall–Kier alpha value is -6.27. The van der Waals surface area contributed by atoms with Gasteiger partial charge < -0.3 is 71.5 Å². The normalized spacial score (nSPS) is 26.4. The summed E-state index contributed by atoms with van der Waals surface area (Å²) in [7, 11) is -3.03. The van der Waals surface area contributed by atoms with Gasteiger partial charge in [0.15, 0.2) is 14.5 Å². The second-order valence-electron chi connectivity index (χ2n) is 18.1. The molecule has 29 nitrogen and oxygen atoms in total. The van der Waals surface area contributed by atoms with Crippen molar-refractivity contribution < 1.29 is 54.3 Å². The summed E-state index contributed by atoms with van der Waals surface area (Å²) in [6.07, 6.45) is 3.41. The van der Waals surface area contributed by atoms with Crippen molar-refractivity contribution in [2.75, 3.05) is 35.4 Å². The molecular weight excluding hydrogens is 981 g/mol. The SMILES string of the molecule is C=CCC1OC(C)C(C=C)C1C=C.C[Si](C)(C)Nc1nc[nH+]c(O[Si](C)(C)C)n1.Nc1ncn(C[C@H]2O[C@H](CO)C(O)[C@@H]2O)c(=O)n1.Nc1ncn([C@@H]2O[C@H](CO)C(O)[C@@H]2O)c(=O)n1.Nc1ncnc(=O)[nH]1. The van der Waals surface area contributed by atoms with Crippen LogP contribution >= 0.6 is 0 Å². The molecule has 3 fully saturated rings. The molecule has 0 radical (unpaired) electrons. The number of H-pyrrole nitrogens is 2. The number of nitrogen functional groups attached to an aromatic ring is 3. The van der Waals surface area contributed by atoms with Crippen LogP contribution in [0.2, 0.25) is 39.3 Å². The van der Waals surface area contributed by atoms with Gasteiger partial charge in [-0.05, 0) is 38.0 Å². The lowest BCUT2D eigenvalue weighted by atomic mass is 9.86. The quantitative estimate of drug-likeness (QED) is 0.0469. The zero-order valence-corrected chi connectivity index (χ0v) is 43.2. The molecular formula is C41H69N16O13Si2+. The molecule has 0 amide bonds. The Balaban J connectivity index is 0.000000242. The summed E-state index contributed by atoms with van der Waals surface area (Å²) >= 11 is 0. The monoisotopic (exact) mass is 1050 g/mol. The third-order valence-electron chi connectivity index (χ3n) is 10.2. The van der Waals surface area contributed by atoms with Crippen LogP contribution in [0.1, 0.15) is 19.6 Å². The van der Waals surface area contributed by atoms with Gasteiger partial charge in [0, 0.05) is 11.8 Å². The molecule has 0 bridgehead atoms. The molecule has 31 heteroatoms. The maximum atomic E-state index is 11.5. The zero-order chi connectivity index (χ0) is 54.1. The highest BCUT2D eigenvalue weighted by atomic mass is 28.4. The van der Waals surface area contributed by atoms with Gasteiger partial charge in [0.05, 0.1) is 32.0 Å². The molecule has 398 valence electrons. The van der Waals surface area contributed by atoms with Crippen LogP contribution in [0.25, 0.3) is 0 Å². The van der Waals surface area contributed by atoms with Gasteiger partial charge in [-0.1, -0.05) is 42.9 Å². The molecule has 6 unspecified atom stereocenters. The van der Waals surface area contributed by atoms with E-state index in [1.54, 1.807) is 6.33 Å². The first kappa shape index (κ1) is 60.0. The lowest BCUT2D eigenvalue weighted by molar-refractivity contribution is -0.398. The van der Waals surface area contributed by atoms with Crippen molar-refractivity contribution in [3.05, 3.63) is 94.7 Å². The van der Waals surface area contributed by atoms with Crippen molar-refractivity contribution >= 4 is 40.3 Å². The van der Waals surface area contributed by atoms with E-state index in [1.807, 2.05) is 18.2 Å². The molecule has 7 heterocycles. The summed E-state index contributed by atoms with van der Waals surface area (Å²) in [5.74, 6) is 1.19. The highest BCUT2D eigenvalue weighted by Gasteiger charge is 2.44. The fraction of sp³-hybridized carbons (Fsp3) is 0.561. The largest absolute Gasteiger partial charge is 0.496 e. The van der Waals surface area contributed by atoms with E-state index in [1.165, 1.54) is 6.33 Å². The van der Waals surface area contributed by atoms with Gasteiger partial charge in [0.25, 0.3) is 0 Å². The van der Waals surface area contributed by atoms with Crippen LogP contribution in [-0.4, -0.2) is 169 Å². The Morgan fingerprint density at radius 1 is 0.764 bits per heavy atom. The number of rotatable bonds is 13. The molecule has 3 saturated heterocycles. The Kier molecular flexibility index (Phi) is 23.0. The van der Waals surface area contributed by atoms with Crippen molar-refractivity contribution in [1.82, 2.24) is 54.0 Å². The number of ether oxygens (including phenoxy) is 3. The Morgan fingerprint density at radius 3 is 1.83 bits per heavy atom. The molecule has 72 heavy (non-hydrogen) atoms. The average Bonchev–Trinajstić information content (AvgIpc) is 3.87. The van der Waals surface area contributed by atoms with Gasteiger partial charge in [-0.2, -0.15) is 15.0 Å². The van der Waals surface area contributed by atoms with Crippen LogP contribution in [0, 0.1) is 11.8 Å². The summed E-state index contributed by atoms with van der Waals surface area (Å²) in [5, 5.41) is 56.3. The van der Waals surface area contributed by atoms with E-state index in [2.05, 4.69) is 121 Å². The molecule has 3 aliphatic heterocycles. The predicted molar refractivity (Wildman–Crippen MR) is 265 cm³/mol. The van der Waals surface area contributed by atoms with E-state index in [0.717, 1.165) is 28.2 Å². The van der Waals surface area contributed by atoms with E-state index >= 15 is 0 Å². The molecule has 0 aliphatic carbocycles. The molecule has 3 aliphatic rings. The predicted octanol–water partition coefficient (Wildman–Crippen LogP) is -3.01. The number of aromatic nitrogens is 12. The highest BCUT2D eigenvalue weighted by molar-refractivity contribution is 6.79. The van der Waals surface area contributed by atoms with E-state index < -0.39 is 95.8 Å². The highest BCUT2D eigenvalue weighted by Crippen LogP contribution is 2.36. The summed E-state index contributed by atoms with van der Waals surface area (Å²) in [5.41, 5.74) is 13.6. The van der Waals surface area contributed by atoms with Crippen molar-refractivity contribution in [2.24, 2.45) is 11.8 Å². The van der Waals surface area contributed by atoms with Gasteiger partial charge >= 0.3 is 29.0 Å². The number of aliphatic hydroxyl groups is 6. The van der Waals surface area contributed by atoms with Crippen molar-refractivity contribution in [3.8, 4) is 6.01 Å². The van der Waals surface area contributed by atoms with E-state index in [0.29, 0.717) is 23.8 Å². The molecule has 0 saturated carbocycles. The molecule has 15 N–H and O–H groups in total. The fourth-order valence-electron chi connectivity index (χ4n) is 6.87. The first-order chi connectivity index (χ1) is 33.7. The van der Waals surface area contributed by atoms with Gasteiger partial charge in [-0.15, -0.1) is 19.7 Å². The van der Waals surface area contributed by atoms with Crippen molar-refractivity contribution in [2.45, 2.75) is 120 Å². The number of nitrogens with two attached hydrogens (primary N) is 3. The second-order valence-corrected chi connectivity index (χ2v) is 27.3. The van der Waals surface area contributed by atoms with Crippen LogP contribution in [0.3, 0.4) is 0 Å². The molecule has 4 aromatic heterocycles. The molecule has 0 aromatic carbocycles. The first-order valence-electron chi connectivity index (χ1n) is 22.3. The second kappa shape index (κ2) is 27.5. The molecule has 4 aromatic rings. The van der Waals surface area contributed by atoms with Crippen LogP contribution < -0.4 is 48.7 Å². The Bertz CT molecular complexity index is 2500. The maximum absolute atomic E-state index is 11.5. The minimum atomic E-state index is -1.62. The van der Waals surface area contributed by atoms with Crippen LogP contribution in [0.15, 0.2) is 77.7 Å². The number of hydrogen-bond donors (Lipinski definition) is 11. The zero-order valence-electron chi connectivity index (χ0n) is 41.2. The minimum absolute atomic E-state index is 0.0339. The molecule has 12 atom stereocenters. The summed E-state index contributed by atoms with van der Waals surface area (Å²) in [6.45, 7) is 25.5. The number of nitrogens with one attached hydrogen (secondary N) is 3. The van der Waals surface area contributed by atoms with Crippen LogP contribution in [0.5, 0.6) is 6.01 Å². The molecule has 7 rings (SSSR count). The van der Waals surface area contributed by atoms with Crippen LogP contribution in [0.4, 0.5) is 23.8 Å². The van der Waals surface area contributed by atoms with Crippen molar-refractivity contribution in [3.63, 3.8) is 0 Å². The summed E-state index contributed by atoms with van der Waals surface area (Å²) < 4.78 is 23.9. The van der Waals surface area contributed by atoms with E-state index in [4.69, 9.17) is 46.1 Å². The summed E-state index contributed by atoms with van der Waals surface area (Å²) in [4.78, 5) is 70.7. The standard InChI is InChI=1S/C12H18O.C9H14N4O5.C9H20N4OSi2.C8H12N4O5.C3H4N4O/c1-5-8-12-11(7-3)10(6-2)9(4)13-12;10-8-11-3-13(9(17)12-8)1-4-6(15)7(16)5(2-14)18-4;1-15(2,3)13-8-10-7-11-9(12-8)14-16(4,5)6;9-7-10-2-12(8(16)11-7)6-5(15)4(14)3(1-13)17-6;4-2-5-1-6-3(8)7-2/h5-7,9-12H,1-3,8H2,4H3;3-7,14-16H,1-2H2,(H2,10,12,17);7H,1-6H3,(H,10,11,12,13);2-6,13-15H,1H2,(H2,9,11,16);1H,(H3,4,5,6,7,8)/p+1/t;4-,5-,6-,7?;;3-,4?,5+,6-;/m.1.1./s1. The topological polar surface area (TPSA) is 443 Å². The number of hydrogen-bond acceptors (Lipinski definition) is 25. The summed E-state index contributed by atoms with van der Waals surface area (Å²) in [6, 6.07) is 0.551. The van der Waals surface area contributed by atoms with Crippen molar-refractivity contribution in [1.29, 1.82) is 0 Å². The number of nitrogens with zero attached hydrogens (tertiary/aromatic N) is 10. The average molecular weight is 1050 g/mol. The third kappa shape index (κ3) is 18.4.